The maximum Gasteiger partial charge on any atom is 0.234 e. The van der Waals surface area contributed by atoms with Crippen LogP contribution >= 0.6 is 0 Å². The molecule has 2 N–H and O–H groups in total. The minimum absolute atomic E-state index is 0.0239. The maximum atomic E-state index is 11.8. The Balaban J connectivity index is 1.49. The van der Waals surface area contributed by atoms with Gasteiger partial charge < -0.3 is 20.1 Å². The van der Waals surface area contributed by atoms with Gasteiger partial charge in [0.15, 0.2) is 11.5 Å². The van der Waals surface area contributed by atoms with Gasteiger partial charge in [-0.15, -0.1) is 0 Å². The molecule has 0 bridgehead atoms. The third-order valence-corrected chi connectivity index (χ3v) is 3.69. The van der Waals surface area contributed by atoms with Crippen molar-refractivity contribution in [2.75, 3.05) is 19.9 Å². The Morgan fingerprint density at radius 1 is 1.35 bits per heavy atom. The smallest absolute Gasteiger partial charge is 0.234 e. The number of nitrogens with one attached hydrogen (secondary N) is 2. The molecule has 1 heterocycles. The first-order valence-corrected chi connectivity index (χ1v) is 7.12. The van der Waals surface area contributed by atoms with Gasteiger partial charge in [-0.3, -0.25) is 4.79 Å². The number of hydrogen-bond acceptors (Lipinski definition) is 4. The van der Waals surface area contributed by atoms with Gasteiger partial charge in [-0.25, -0.2) is 0 Å². The van der Waals surface area contributed by atoms with Crippen LogP contribution in [0, 0.1) is 5.92 Å². The zero-order valence-corrected chi connectivity index (χ0v) is 11.6. The molecule has 1 fully saturated rings. The van der Waals surface area contributed by atoms with Crippen LogP contribution in [0.4, 0.5) is 0 Å². The topological polar surface area (TPSA) is 59.6 Å². The van der Waals surface area contributed by atoms with Gasteiger partial charge in [-0.1, -0.05) is 6.07 Å². The predicted octanol–water partition coefficient (Wildman–Crippen LogP) is 1.59. The molecule has 1 saturated carbocycles. The van der Waals surface area contributed by atoms with E-state index in [4.69, 9.17) is 9.47 Å². The van der Waals surface area contributed by atoms with E-state index in [1.165, 1.54) is 12.8 Å². The lowest BCUT2D eigenvalue weighted by Gasteiger charge is -2.15. The molecule has 1 amide bonds. The molecular formula is C15H20N2O3. The molecule has 1 unspecified atom stereocenters. The van der Waals surface area contributed by atoms with Crippen LogP contribution in [0.15, 0.2) is 18.2 Å². The first-order valence-electron chi connectivity index (χ1n) is 7.12. The predicted molar refractivity (Wildman–Crippen MR) is 74.7 cm³/mol. The summed E-state index contributed by atoms with van der Waals surface area (Å²) in [5.41, 5.74) is 1.02. The highest BCUT2D eigenvalue weighted by atomic mass is 16.7. The van der Waals surface area contributed by atoms with E-state index in [2.05, 4.69) is 10.6 Å². The largest absolute Gasteiger partial charge is 0.454 e. The molecule has 2 aliphatic rings. The zero-order chi connectivity index (χ0) is 13.9. The van der Waals surface area contributed by atoms with Crippen LogP contribution in [0.25, 0.3) is 0 Å². The number of fused-ring (bicyclic) bond motifs is 1. The summed E-state index contributed by atoms with van der Waals surface area (Å²) >= 11 is 0. The fraction of sp³-hybridized carbons (Fsp3) is 0.533. The molecular weight excluding hydrogens is 256 g/mol. The van der Waals surface area contributed by atoms with Crippen LogP contribution in [0.3, 0.4) is 0 Å². The molecule has 20 heavy (non-hydrogen) atoms. The van der Waals surface area contributed by atoms with E-state index in [9.17, 15) is 4.79 Å². The van der Waals surface area contributed by atoms with Crippen molar-refractivity contribution in [1.82, 2.24) is 10.6 Å². The summed E-state index contributed by atoms with van der Waals surface area (Å²) in [5, 5.41) is 6.17. The number of ether oxygens (including phenoxy) is 2. The molecule has 3 rings (SSSR count). The molecule has 0 saturated heterocycles. The van der Waals surface area contributed by atoms with Crippen LogP contribution in [0.1, 0.15) is 31.4 Å². The Kier molecular flexibility index (Phi) is 3.78. The van der Waals surface area contributed by atoms with E-state index in [1.54, 1.807) is 0 Å². The van der Waals surface area contributed by atoms with Gasteiger partial charge in [-0.05, 0) is 49.9 Å². The number of carbonyl (C=O) groups excluding carboxylic acids is 1. The number of hydrogen-bond donors (Lipinski definition) is 2. The zero-order valence-electron chi connectivity index (χ0n) is 11.6. The molecule has 1 aliphatic heterocycles. The van der Waals surface area contributed by atoms with Crippen molar-refractivity contribution >= 4 is 5.91 Å². The van der Waals surface area contributed by atoms with Crippen LogP contribution in [-0.2, 0) is 4.79 Å². The molecule has 108 valence electrons. The summed E-state index contributed by atoms with van der Waals surface area (Å²) < 4.78 is 10.6. The molecule has 1 aromatic carbocycles. The third kappa shape index (κ3) is 3.22. The van der Waals surface area contributed by atoms with Gasteiger partial charge in [0, 0.05) is 0 Å². The van der Waals surface area contributed by atoms with Gasteiger partial charge >= 0.3 is 0 Å². The van der Waals surface area contributed by atoms with E-state index >= 15 is 0 Å². The molecule has 0 aromatic heterocycles. The summed E-state index contributed by atoms with van der Waals surface area (Å²) in [5.74, 6) is 2.32. The average Bonchev–Trinajstić information content (AvgIpc) is 3.13. The molecule has 5 heteroatoms. The van der Waals surface area contributed by atoms with Crippen molar-refractivity contribution in [2.24, 2.45) is 5.92 Å². The molecule has 1 aromatic rings. The van der Waals surface area contributed by atoms with Crippen LogP contribution < -0.4 is 20.1 Å². The minimum atomic E-state index is -0.0419. The molecule has 0 radical (unpaired) electrons. The fourth-order valence-corrected chi connectivity index (χ4v) is 2.27. The van der Waals surface area contributed by atoms with Gasteiger partial charge in [-0.2, -0.15) is 0 Å². The van der Waals surface area contributed by atoms with Gasteiger partial charge in [0.1, 0.15) is 0 Å². The highest BCUT2D eigenvalue weighted by Crippen LogP contribution is 2.34. The fourth-order valence-electron chi connectivity index (χ4n) is 2.27. The molecule has 5 nitrogen and oxygen atoms in total. The maximum absolute atomic E-state index is 11.8. The third-order valence-electron chi connectivity index (χ3n) is 3.69. The number of amides is 1. The van der Waals surface area contributed by atoms with E-state index in [0.29, 0.717) is 6.54 Å². The Morgan fingerprint density at radius 3 is 2.95 bits per heavy atom. The van der Waals surface area contributed by atoms with Crippen molar-refractivity contribution in [3.63, 3.8) is 0 Å². The van der Waals surface area contributed by atoms with Crippen LogP contribution in [-0.4, -0.2) is 25.8 Å². The minimum Gasteiger partial charge on any atom is -0.454 e. The quantitative estimate of drug-likeness (QED) is 0.828. The van der Waals surface area contributed by atoms with Crippen molar-refractivity contribution in [3.8, 4) is 11.5 Å². The number of benzene rings is 1. The van der Waals surface area contributed by atoms with Crippen LogP contribution in [0.2, 0.25) is 0 Å². The van der Waals surface area contributed by atoms with E-state index in [0.717, 1.165) is 29.5 Å². The summed E-state index contributed by atoms with van der Waals surface area (Å²) in [6, 6.07) is 5.71. The Bertz CT molecular complexity index is 500. The second-order valence-electron chi connectivity index (χ2n) is 5.48. The monoisotopic (exact) mass is 276 g/mol. The number of carbonyl (C=O) groups is 1. The van der Waals surface area contributed by atoms with Crippen molar-refractivity contribution in [3.05, 3.63) is 23.8 Å². The highest BCUT2D eigenvalue weighted by molar-refractivity contribution is 5.78. The lowest BCUT2D eigenvalue weighted by atomic mass is 10.1. The van der Waals surface area contributed by atoms with E-state index in [1.807, 2.05) is 25.1 Å². The molecule has 0 spiro atoms. The average molecular weight is 276 g/mol. The lowest BCUT2D eigenvalue weighted by molar-refractivity contribution is -0.120. The first kappa shape index (κ1) is 13.2. The standard InChI is InChI=1S/C15H20N2O3/c1-10(17-15(18)8-16-7-11-2-3-11)12-4-5-13-14(6-12)20-9-19-13/h4-6,10-11,16H,2-3,7-9H2,1H3,(H,17,18). The summed E-state index contributed by atoms with van der Waals surface area (Å²) in [6.45, 7) is 3.57. The second-order valence-corrected chi connectivity index (χ2v) is 5.48. The van der Waals surface area contributed by atoms with Gasteiger partial charge in [0.2, 0.25) is 12.7 Å². The first-order chi connectivity index (χ1) is 9.72. The Labute approximate surface area is 118 Å². The van der Waals surface area contributed by atoms with Gasteiger partial charge in [0.05, 0.1) is 12.6 Å². The van der Waals surface area contributed by atoms with Crippen LogP contribution in [0.5, 0.6) is 11.5 Å². The molecule has 1 aliphatic carbocycles. The summed E-state index contributed by atoms with van der Waals surface area (Å²) in [7, 11) is 0. The number of rotatable bonds is 6. The normalized spacial score (nSPS) is 17.9. The van der Waals surface area contributed by atoms with Gasteiger partial charge in [0.25, 0.3) is 0 Å². The Morgan fingerprint density at radius 2 is 2.15 bits per heavy atom. The van der Waals surface area contributed by atoms with Crippen molar-refractivity contribution in [1.29, 1.82) is 0 Å². The van der Waals surface area contributed by atoms with Crippen molar-refractivity contribution < 1.29 is 14.3 Å². The second kappa shape index (κ2) is 5.71. The van der Waals surface area contributed by atoms with E-state index < -0.39 is 0 Å². The highest BCUT2D eigenvalue weighted by Gasteiger charge is 2.21. The van der Waals surface area contributed by atoms with E-state index in [-0.39, 0.29) is 18.7 Å². The summed E-state index contributed by atoms with van der Waals surface area (Å²) in [4.78, 5) is 11.8. The SMILES string of the molecule is CC(NC(=O)CNCC1CC1)c1ccc2c(c1)OCO2. The lowest BCUT2D eigenvalue weighted by Crippen LogP contribution is -2.36. The summed E-state index contributed by atoms with van der Waals surface area (Å²) in [6.07, 6.45) is 2.59. The Hall–Kier alpha value is -1.75. The molecule has 1 atom stereocenters. The van der Waals surface area contributed by atoms with Crippen molar-refractivity contribution in [2.45, 2.75) is 25.8 Å².